The molecule has 0 unspecified atom stereocenters. The fourth-order valence-electron chi connectivity index (χ4n) is 1.84. The Hall–Kier alpha value is -2.84. The Bertz CT molecular complexity index is 725. The third-order valence-electron chi connectivity index (χ3n) is 2.94. The van der Waals surface area contributed by atoms with Crippen molar-refractivity contribution in [1.29, 1.82) is 0 Å². The van der Waals surface area contributed by atoms with Crippen molar-refractivity contribution in [3.8, 4) is 0 Å². The molecule has 0 aliphatic rings. The molecule has 0 aliphatic carbocycles. The first-order valence-corrected chi connectivity index (χ1v) is 6.52. The van der Waals surface area contributed by atoms with Crippen molar-refractivity contribution in [2.24, 2.45) is 5.73 Å². The van der Waals surface area contributed by atoms with Gasteiger partial charge in [0.15, 0.2) is 5.69 Å². The molecule has 1 aromatic carbocycles. The average Bonchev–Trinajstić information content (AvgIpc) is 2.94. The van der Waals surface area contributed by atoms with Crippen LogP contribution in [-0.4, -0.2) is 21.6 Å². The maximum absolute atomic E-state index is 12.4. The van der Waals surface area contributed by atoms with Crippen molar-refractivity contribution in [3.63, 3.8) is 0 Å². The lowest BCUT2D eigenvalue weighted by Gasteiger charge is -2.07. The lowest BCUT2D eigenvalue weighted by Crippen LogP contribution is -2.27. The Morgan fingerprint density at radius 2 is 2.00 bits per heavy atom. The minimum atomic E-state index is -4.54. The molecular formula is C14H13F3N4O2. The minimum absolute atomic E-state index is 0.118. The highest BCUT2D eigenvalue weighted by atomic mass is 19.4. The number of nitrogens with zero attached hydrogens (tertiary/aromatic N) is 2. The summed E-state index contributed by atoms with van der Waals surface area (Å²) in [6.07, 6.45) is -3.47. The number of primary amides is 1. The number of alkyl halides is 3. The van der Waals surface area contributed by atoms with E-state index >= 15 is 0 Å². The average molecular weight is 326 g/mol. The van der Waals surface area contributed by atoms with Crippen LogP contribution in [0.5, 0.6) is 0 Å². The predicted octanol–water partition coefficient (Wildman–Crippen LogP) is 1.32. The van der Waals surface area contributed by atoms with Crippen molar-refractivity contribution >= 4 is 11.8 Å². The summed E-state index contributed by atoms with van der Waals surface area (Å²) in [5.41, 5.74) is 5.04. The second-order valence-electron chi connectivity index (χ2n) is 4.74. The molecule has 23 heavy (non-hydrogen) atoms. The lowest BCUT2D eigenvalue weighted by molar-refractivity contribution is -0.141. The molecule has 9 heteroatoms. The smallest absolute Gasteiger partial charge is 0.366 e. The van der Waals surface area contributed by atoms with Gasteiger partial charge in [0.2, 0.25) is 11.8 Å². The summed E-state index contributed by atoms with van der Waals surface area (Å²) in [4.78, 5) is 22.8. The molecular weight excluding hydrogens is 313 g/mol. The third kappa shape index (κ3) is 4.56. The second-order valence-corrected chi connectivity index (χ2v) is 4.74. The van der Waals surface area contributed by atoms with Crippen LogP contribution in [0.2, 0.25) is 0 Å². The van der Waals surface area contributed by atoms with Crippen LogP contribution in [0.4, 0.5) is 13.2 Å². The number of hydrogen-bond acceptors (Lipinski definition) is 3. The number of nitrogens with two attached hydrogens (primary N) is 1. The molecule has 0 saturated carbocycles. The SMILES string of the molecule is NC(=O)c1cccc(CNC(=O)Cn2ccc(C(F)(F)F)n2)c1. The number of benzene rings is 1. The zero-order chi connectivity index (χ0) is 17.0. The molecule has 0 fully saturated rings. The third-order valence-corrected chi connectivity index (χ3v) is 2.94. The maximum atomic E-state index is 12.4. The molecule has 3 N–H and O–H groups in total. The van der Waals surface area contributed by atoms with E-state index < -0.39 is 23.7 Å². The van der Waals surface area contributed by atoms with Crippen molar-refractivity contribution in [3.05, 3.63) is 53.3 Å². The summed E-state index contributed by atoms with van der Waals surface area (Å²) in [5.74, 6) is -1.10. The van der Waals surface area contributed by atoms with E-state index in [2.05, 4.69) is 10.4 Å². The van der Waals surface area contributed by atoms with E-state index in [1.54, 1.807) is 12.1 Å². The van der Waals surface area contributed by atoms with Crippen LogP contribution in [0.3, 0.4) is 0 Å². The largest absolute Gasteiger partial charge is 0.435 e. The molecule has 1 aromatic heterocycles. The fourth-order valence-corrected chi connectivity index (χ4v) is 1.84. The van der Waals surface area contributed by atoms with E-state index in [-0.39, 0.29) is 13.1 Å². The first-order chi connectivity index (χ1) is 10.8. The number of carbonyl (C=O) groups is 2. The van der Waals surface area contributed by atoms with Gasteiger partial charge in [0.05, 0.1) is 0 Å². The lowest BCUT2D eigenvalue weighted by atomic mass is 10.1. The van der Waals surface area contributed by atoms with Gasteiger partial charge in [-0.25, -0.2) is 0 Å². The van der Waals surface area contributed by atoms with E-state index in [4.69, 9.17) is 5.73 Å². The van der Waals surface area contributed by atoms with Crippen molar-refractivity contribution in [2.45, 2.75) is 19.3 Å². The summed E-state index contributed by atoms with van der Waals surface area (Å²) in [6, 6.07) is 7.16. The summed E-state index contributed by atoms with van der Waals surface area (Å²) in [6.45, 7) is -0.223. The fraction of sp³-hybridized carbons (Fsp3) is 0.214. The Kier molecular flexibility index (Phi) is 4.68. The van der Waals surface area contributed by atoms with Gasteiger partial charge in [-0.1, -0.05) is 12.1 Å². The number of amides is 2. The van der Waals surface area contributed by atoms with Gasteiger partial charge in [0.1, 0.15) is 6.54 Å². The normalized spacial score (nSPS) is 11.3. The molecule has 1 heterocycles. The zero-order valence-corrected chi connectivity index (χ0v) is 11.8. The van der Waals surface area contributed by atoms with Crippen LogP contribution < -0.4 is 11.1 Å². The molecule has 0 spiro atoms. The molecule has 0 bridgehead atoms. The Balaban J connectivity index is 1.91. The van der Waals surface area contributed by atoms with Gasteiger partial charge < -0.3 is 11.1 Å². The zero-order valence-electron chi connectivity index (χ0n) is 11.8. The molecule has 2 aromatic rings. The topological polar surface area (TPSA) is 90.0 Å². The highest BCUT2D eigenvalue weighted by molar-refractivity contribution is 5.92. The predicted molar refractivity (Wildman–Crippen MR) is 74.0 cm³/mol. The van der Waals surface area contributed by atoms with Gasteiger partial charge >= 0.3 is 6.18 Å². The highest BCUT2D eigenvalue weighted by Crippen LogP contribution is 2.27. The van der Waals surface area contributed by atoms with E-state index in [9.17, 15) is 22.8 Å². The number of hydrogen-bond donors (Lipinski definition) is 2. The van der Waals surface area contributed by atoms with Crippen LogP contribution in [0, 0.1) is 0 Å². The Morgan fingerprint density at radius 3 is 2.61 bits per heavy atom. The van der Waals surface area contributed by atoms with Crippen LogP contribution >= 0.6 is 0 Å². The molecule has 0 atom stereocenters. The quantitative estimate of drug-likeness (QED) is 0.868. The van der Waals surface area contributed by atoms with E-state index in [0.717, 1.165) is 16.9 Å². The molecule has 0 aliphatic heterocycles. The van der Waals surface area contributed by atoms with Crippen molar-refractivity contribution in [1.82, 2.24) is 15.1 Å². The van der Waals surface area contributed by atoms with E-state index in [1.165, 1.54) is 12.1 Å². The van der Waals surface area contributed by atoms with Crippen molar-refractivity contribution in [2.75, 3.05) is 0 Å². The first-order valence-electron chi connectivity index (χ1n) is 6.52. The van der Waals surface area contributed by atoms with Crippen LogP contribution in [0.15, 0.2) is 36.5 Å². The van der Waals surface area contributed by atoms with E-state index in [1.807, 2.05) is 0 Å². The Morgan fingerprint density at radius 1 is 1.26 bits per heavy atom. The minimum Gasteiger partial charge on any atom is -0.366 e. The number of nitrogens with one attached hydrogen (secondary N) is 1. The number of rotatable bonds is 5. The highest BCUT2D eigenvalue weighted by Gasteiger charge is 2.33. The summed E-state index contributed by atoms with van der Waals surface area (Å²) in [5, 5.41) is 5.81. The molecule has 6 nitrogen and oxygen atoms in total. The first kappa shape index (κ1) is 16.5. The molecule has 0 saturated heterocycles. The monoisotopic (exact) mass is 326 g/mol. The van der Waals surface area contributed by atoms with Crippen LogP contribution in [0.1, 0.15) is 21.6 Å². The van der Waals surface area contributed by atoms with E-state index in [0.29, 0.717) is 11.1 Å². The van der Waals surface area contributed by atoms with Gasteiger partial charge in [0.25, 0.3) is 0 Å². The van der Waals surface area contributed by atoms with Gasteiger partial charge in [0, 0.05) is 18.3 Å². The second kappa shape index (κ2) is 6.51. The van der Waals surface area contributed by atoms with Gasteiger partial charge in [-0.2, -0.15) is 18.3 Å². The Labute approximate surface area is 129 Å². The molecule has 0 radical (unpaired) electrons. The van der Waals surface area contributed by atoms with Crippen LogP contribution in [-0.2, 0) is 24.1 Å². The van der Waals surface area contributed by atoms with Gasteiger partial charge in [-0.05, 0) is 23.8 Å². The van der Waals surface area contributed by atoms with Gasteiger partial charge in [-0.3, -0.25) is 14.3 Å². The maximum Gasteiger partial charge on any atom is 0.435 e. The summed E-state index contributed by atoms with van der Waals surface area (Å²) in [7, 11) is 0. The molecule has 2 amide bonds. The van der Waals surface area contributed by atoms with Crippen LogP contribution in [0.25, 0.3) is 0 Å². The molecule has 2 rings (SSSR count). The van der Waals surface area contributed by atoms with Crippen molar-refractivity contribution < 1.29 is 22.8 Å². The number of aromatic nitrogens is 2. The summed E-state index contributed by atoms with van der Waals surface area (Å²) < 4.78 is 38.1. The summed E-state index contributed by atoms with van der Waals surface area (Å²) >= 11 is 0. The molecule has 122 valence electrons. The standard InChI is InChI=1S/C14H13F3N4O2/c15-14(16,17)11-4-5-21(20-11)8-12(22)19-7-9-2-1-3-10(6-9)13(18)23/h1-6H,7-8H2,(H2,18,23)(H,19,22). The number of carbonyl (C=O) groups excluding carboxylic acids is 2. The number of halogens is 3. The van der Waals surface area contributed by atoms with Gasteiger partial charge in [-0.15, -0.1) is 0 Å².